The Kier molecular flexibility index (Phi) is 3.77. The van der Waals surface area contributed by atoms with Gasteiger partial charge in [0.15, 0.2) is 0 Å². The lowest BCUT2D eigenvalue weighted by atomic mass is 10.1. The highest BCUT2D eigenvalue weighted by atomic mass is 35.5. The van der Waals surface area contributed by atoms with Gasteiger partial charge in [-0.25, -0.2) is 13.8 Å². The molecule has 0 spiro atoms. The molecule has 5 nitrogen and oxygen atoms in total. The molecule has 4 rings (SSSR count). The zero-order valence-corrected chi connectivity index (χ0v) is 13.7. The van der Waals surface area contributed by atoms with Crippen molar-refractivity contribution < 1.29 is 8.78 Å². The maximum absolute atomic E-state index is 14.2. The van der Waals surface area contributed by atoms with E-state index in [1.54, 1.807) is 0 Å². The van der Waals surface area contributed by atoms with Gasteiger partial charge in [0.25, 0.3) is 5.56 Å². The minimum atomic E-state index is -0.662. The third-order valence-electron chi connectivity index (χ3n) is 4.33. The number of nitrogens with zero attached hydrogens (tertiary/aromatic N) is 3. The minimum Gasteiger partial charge on any atom is -0.321 e. The highest BCUT2D eigenvalue weighted by molar-refractivity contribution is 6.35. The second-order valence-electron chi connectivity index (χ2n) is 6.09. The van der Waals surface area contributed by atoms with Gasteiger partial charge < -0.3 is 5.73 Å². The number of halogens is 3. The predicted molar refractivity (Wildman–Crippen MR) is 89.7 cm³/mol. The van der Waals surface area contributed by atoms with E-state index in [9.17, 15) is 13.6 Å². The van der Waals surface area contributed by atoms with Crippen LogP contribution in [0.3, 0.4) is 0 Å². The summed E-state index contributed by atoms with van der Waals surface area (Å²) in [6, 6.07) is 3.02. The summed E-state index contributed by atoms with van der Waals surface area (Å²) in [6.45, 7) is 0. The van der Waals surface area contributed by atoms with Crippen LogP contribution in [0.5, 0.6) is 0 Å². The number of nitrogens with two attached hydrogens (primary N) is 1. The van der Waals surface area contributed by atoms with E-state index in [0.29, 0.717) is 0 Å². The van der Waals surface area contributed by atoms with Crippen molar-refractivity contribution in [1.29, 1.82) is 0 Å². The molecule has 0 radical (unpaired) electrons. The molecule has 25 heavy (non-hydrogen) atoms. The lowest BCUT2D eigenvalue weighted by Crippen LogP contribution is -2.30. The van der Waals surface area contributed by atoms with Gasteiger partial charge in [0.05, 0.1) is 34.5 Å². The Morgan fingerprint density at radius 1 is 1.28 bits per heavy atom. The summed E-state index contributed by atoms with van der Waals surface area (Å²) in [5, 5.41) is -0.00349. The molecule has 2 heterocycles. The van der Waals surface area contributed by atoms with Crippen molar-refractivity contribution in [3.05, 3.63) is 63.4 Å². The van der Waals surface area contributed by atoms with Crippen LogP contribution in [0.25, 0.3) is 16.6 Å². The van der Waals surface area contributed by atoms with Gasteiger partial charge >= 0.3 is 0 Å². The molecule has 1 aromatic carbocycles. The standard InChI is InChI=1S/C17H13ClF2N4O/c18-11-3-4-12(20)15-13(11)17(25)24(10-5-9(19)6-22-7-10)16(23-15)14(21)8-1-2-8/h3-8,14H,1-2,21H2. The van der Waals surface area contributed by atoms with Crippen molar-refractivity contribution in [3.63, 3.8) is 0 Å². The Hall–Kier alpha value is -2.38. The van der Waals surface area contributed by atoms with Crippen molar-refractivity contribution in [2.75, 3.05) is 0 Å². The van der Waals surface area contributed by atoms with Gasteiger partial charge in [0, 0.05) is 6.07 Å². The van der Waals surface area contributed by atoms with Gasteiger partial charge in [0.2, 0.25) is 0 Å². The molecule has 8 heteroatoms. The topological polar surface area (TPSA) is 73.8 Å². The average molecular weight is 363 g/mol. The first kappa shape index (κ1) is 16.1. The third kappa shape index (κ3) is 2.69. The fourth-order valence-electron chi connectivity index (χ4n) is 2.90. The maximum Gasteiger partial charge on any atom is 0.267 e. The molecular formula is C17H13ClF2N4O. The average Bonchev–Trinajstić information content (AvgIpc) is 3.42. The van der Waals surface area contributed by atoms with Crippen LogP contribution < -0.4 is 11.3 Å². The molecular weight excluding hydrogens is 350 g/mol. The van der Waals surface area contributed by atoms with Crippen LogP contribution in [-0.2, 0) is 0 Å². The van der Waals surface area contributed by atoms with Crippen LogP contribution in [0.2, 0.25) is 5.02 Å². The first-order chi connectivity index (χ1) is 12.0. The highest BCUT2D eigenvalue weighted by Gasteiger charge is 2.33. The van der Waals surface area contributed by atoms with Crippen LogP contribution in [0.4, 0.5) is 8.78 Å². The first-order valence-corrected chi connectivity index (χ1v) is 8.12. The van der Waals surface area contributed by atoms with E-state index in [1.165, 1.54) is 16.8 Å². The number of hydrogen-bond donors (Lipinski definition) is 1. The Morgan fingerprint density at radius 3 is 2.72 bits per heavy atom. The number of fused-ring (bicyclic) bond motifs is 1. The molecule has 2 N–H and O–H groups in total. The molecule has 128 valence electrons. The second-order valence-corrected chi connectivity index (χ2v) is 6.50. The molecule has 1 atom stereocenters. The highest BCUT2D eigenvalue weighted by Crippen LogP contribution is 2.39. The lowest BCUT2D eigenvalue weighted by Gasteiger charge is -2.18. The van der Waals surface area contributed by atoms with Crippen LogP contribution in [0, 0.1) is 17.6 Å². The van der Waals surface area contributed by atoms with Crippen molar-refractivity contribution in [2.24, 2.45) is 11.7 Å². The SMILES string of the molecule is NC(c1nc2c(F)ccc(Cl)c2c(=O)n1-c1cncc(F)c1)C1CC1. The lowest BCUT2D eigenvalue weighted by molar-refractivity contribution is 0.567. The number of benzene rings is 1. The van der Waals surface area contributed by atoms with Gasteiger partial charge in [-0.2, -0.15) is 0 Å². The fraction of sp³-hybridized carbons (Fsp3) is 0.235. The van der Waals surface area contributed by atoms with E-state index in [4.69, 9.17) is 17.3 Å². The molecule has 1 unspecified atom stereocenters. The zero-order chi connectivity index (χ0) is 17.7. The molecule has 0 bridgehead atoms. The Bertz CT molecular complexity index is 1050. The number of rotatable bonds is 3. The van der Waals surface area contributed by atoms with Gasteiger partial charge in [-0.1, -0.05) is 11.6 Å². The van der Waals surface area contributed by atoms with Gasteiger partial charge in [-0.3, -0.25) is 14.3 Å². The summed E-state index contributed by atoms with van der Waals surface area (Å²) in [6.07, 6.45) is 4.15. The Labute approximate surface area is 146 Å². The second kappa shape index (κ2) is 5.86. The van der Waals surface area contributed by atoms with Gasteiger partial charge in [-0.15, -0.1) is 0 Å². The number of hydrogen-bond acceptors (Lipinski definition) is 4. The van der Waals surface area contributed by atoms with E-state index in [0.717, 1.165) is 31.2 Å². The molecule has 1 fully saturated rings. The molecule has 1 aliphatic rings. The van der Waals surface area contributed by atoms with E-state index >= 15 is 0 Å². The van der Waals surface area contributed by atoms with Crippen LogP contribution in [0.15, 0.2) is 35.4 Å². The summed E-state index contributed by atoms with van der Waals surface area (Å²) in [7, 11) is 0. The normalized spacial score (nSPS) is 15.5. The number of pyridine rings is 1. The summed E-state index contributed by atoms with van der Waals surface area (Å²) in [5.41, 5.74) is 5.67. The zero-order valence-electron chi connectivity index (χ0n) is 12.9. The Morgan fingerprint density at radius 2 is 2.04 bits per heavy atom. The third-order valence-corrected chi connectivity index (χ3v) is 4.64. The summed E-state index contributed by atoms with van der Waals surface area (Å²) < 4.78 is 29.0. The molecule has 3 aromatic rings. The van der Waals surface area contributed by atoms with Crippen LogP contribution >= 0.6 is 11.6 Å². The molecule has 0 aliphatic heterocycles. The maximum atomic E-state index is 14.2. The van der Waals surface area contributed by atoms with Gasteiger partial charge in [-0.05, 0) is 30.9 Å². The molecule has 1 aliphatic carbocycles. The van der Waals surface area contributed by atoms with Gasteiger partial charge in [0.1, 0.15) is 23.0 Å². The van der Waals surface area contributed by atoms with Crippen molar-refractivity contribution >= 4 is 22.5 Å². The molecule has 1 saturated carbocycles. The summed E-state index contributed by atoms with van der Waals surface area (Å²) in [5.74, 6) is -0.945. The summed E-state index contributed by atoms with van der Waals surface area (Å²) >= 11 is 6.09. The smallest absolute Gasteiger partial charge is 0.267 e. The molecule has 0 amide bonds. The van der Waals surface area contributed by atoms with E-state index in [1.807, 2.05) is 0 Å². The van der Waals surface area contributed by atoms with Crippen molar-refractivity contribution in [1.82, 2.24) is 14.5 Å². The fourth-order valence-corrected chi connectivity index (χ4v) is 3.13. The largest absolute Gasteiger partial charge is 0.321 e. The molecule has 2 aromatic heterocycles. The van der Waals surface area contributed by atoms with E-state index in [-0.39, 0.29) is 33.4 Å². The summed E-state index contributed by atoms with van der Waals surface area (Å²) in [4.78, 5) is 21.1. The quantitative estimate of drug-likeness (QED) is 0.777. The monoisotopic (exact) mass is 362 g/mol. The van der Waals surface area contributed by atoms with Crippen molar-refractivity contribution in [3.8, 4) is 5.69 Å². The predicted octanol–water partition coefficient (Wildman–Crippen LogP) is 3.12. The van der Waals surface area contributed by atoms with Crippen LogP contribution in [-0.4, -0.2) is 14.5 Å². The minimum absolute atomic E-state index is 0.0681. The Balaban J connectivity index is 2.11. The van der Waals surface area contributed by atoms with E-state index in [2.05, 4.69) is 9.97 Å². The number of aromatic nitrogens is 3. The first-order valence-electron chi connectivity index (χ1n) is 7.74. The van der Waals surface area contributed by atoms with Crippen molar-refractivity contribution in [2.45, 2.75) is 18.9 Å². The molecule has 0 saturated heterocycles. The van der Waals surface area contributed by atoms with Crippen LogP contribution in [0.1, 0.15) is 24.7 Å². The van der Waals surface area contributed by atoms with E-state index < -0.39 is 23.2 Å².